The smallest absolute Gasteiger partial charge is 0.323 e. The molecule has 2 rings (SSSR count). The molecule has 1 aromatic rings. The van der Waals surface area contributed by atoms with Crippen LogP contribution in [0.2, 0.25) is 0 Å². The Morgan fingerprint density at radius 2 is 2.28 bits per heavy atom. The molecule has 7 heteroatoms. The Morgan fingerprint density at radius 1 is 1.56 bits per heavy atom. The van der Waals surface area contributed by atoms with Crippen LogP contribution >= 0.6 is 0 Å². The zero-order valence-electron chi connectivity index (χ0n) is 9.95. The standard InChI is InChI=1S/C11H16N4O3/c12-3-4-14-5-9(13-7-14)11(18)15(6-10(16)17)8-1-2-8/h5,7-8H,1-4,6,12H2,(H,16,17). The predicted molar refractivity (Wildman–Crippen MR) is 63.0 cm³/mol. The van der Waals surface area contributed by atoms with Gasteiger partial charge in [0, 0.05) is 25.3 Å². The Labute approximate surface area is 104 Å². The van der Waals surface area contributed by atoms with Crippen LogP contribution in [0.5, 0.6) is 0 Å². The molecule has 1 fully saturated rings. The number of carboxylic acid groups (broad SMARTS) is 1. The quantitative estimate of drug-likeness (QED) is 0.712. The van der Waals surface area contributed by atoms with Gasteiger partial charge in [-0.2, -0.15) is 0 Å². The molecule has 1 heterocycles. The number of imidazole rings is 1. The average molecular weight is 252 g/mol. The van der Waals surface area contributed by atoms with Crippen LogP contribution < -0.4 is 5.73 Å². The summed E-state index contributed by atoms with van der Waals surface area (Å²) in [5.41, 5.74) is 5.68. The monoisotopic (exact) mass is 252 g/mol. The van der Waals surface area contributed by atoms with E-state index in [9.17, 15) is 9.59 Å². The zero-order chi connectivity index (χ0) is 13.1. The highest BCUT2D eigenvalue weighted by molar-refractivity contribution is 5.94. The topological polar surface area (TPSA) is 101 Å². The predicted octanol–water partition coefficient (Wildman–Crippen LogP) is -0.469. The molecule has 0 aliphatic heterocycles. The van der Waals surface area contributed by atoms with Gasteiger partial charge >= 0.3 is 5.97 Å². The maximum absolute atomic E-state index is 12.1. The third-order valence-corrected chi connectivity index (χ3v) is 2.79. The molecule has 18 heavy (non-hydrogen) atoms. The zero-order valence-corrected chi connectivity index (χ0v) is 9.95. The molecule has 0 aromatic carbocycles. The van der Waals surface area contributed by atoms with Gasteiger partial charge in [-0.3, -0.25) is 9.59 Å². The van der Waals surface area contributed by atoms with Gasteiger partial charge in [-0.1, -0.05) is 0 Å². The fraction of sp³-hybridized carbons (Fsp3) is 0.545. The summed E-state index contributed by atoms with van der Waals surface area (Å²) in [6.45, 7) is 0.779. The average Bonchev–Trinajstić information content (AvgIpc) is 3.06. The van der Waals surface area contributed by atoms with E-state index in [1.807, 2.05) is 0 Å². The van der Waals surface area contributed by atoms with Crippen molar-refractivity contribution < 1.29 is 14.7 Å². The van der Waals surface area contributed by atoms with Gasteiger partial charge in [0.25, 0.3) is 5.91 Å². The summed E-state index contributed by atoms with van der Waals surface area (Å²) >= 11 is 0. The van der Waals surface area contributed by atoms with E-state index in [2.05, 4.69) is 4.98 Å². The largest absolute Gasteiger partial charge is 0.480 e. The summed E-state index contributed by atoms with van der Waals surface area (Å²) in [4.78, 5) is 28.3. The number of nitrogens with zero attached hydrogens (tertiary/aromatic N) is 3. The van der Waals surface area contributed by atoms with Crippen LogP contribution in [0.25, 0.3) is 0 Å². The number of hydrogen-bond donors (Lipinski definition) is 2. The maximum Gasteiger partial charge on any atom is 0.323 e. The first kappa shape index (κ1) is 12.6. The minimum absolute atomic E-state index is 0.0493. The van der Waals surface area contributed by atoms with E-state index in [4.69, 9.17) is 10.8 Å². The van der Waals surface area contributed by atoms with Crippen molar-refractivity contribution in [2.75, 3.05) is 13.1 Å². The molecule has 0 bridgehead atoms. The van der Waals surface area contributed by atoms with E-state index < -0.39 is 5.97 Å². The van der Waals surface area contributed by atoms with Gasteiger partial charge in [-0.05, 0) is 12.8 Å². The number of aromatic nitrogens is 2. The molecule has 1 saturated carbocycles. The van der Waals surface area contributed by atoms with Gasteiger partial charge in [-0.15, -0.1) is 0 Å². The van der Waals surface area contributed by atoms with Crippen molar-refractivity contribution in [1.29, 1.82) is 0 Å². The summed E-state index contributed by atoms with van der Waals surface area (Å²) < 4.78 is 1.72. The molecule has 0 atom stereocenters. The molecular weight excluding hydrogens is 236 g/mol. The van der Waals surface area contributed by atoms with Crippen molar-refractivity contribution in [2.24, 2.45) is 5.73 Å². The van der Waals surface area contributed by atoms with E-state index in [-0.39, 0.29) is 24.2 Å². The van der Waals surface area contributed by atoms with Crippen molar-refractivity contribution in [2.45, 2.75) is 25.4 Å². The summed E-state index contributed by atoms with van der Waals surface area (Å²) in [6, 6.07) is 0.0493. The van der Waals surface area contributed by atoms with Gasteiger partial charge in [0.1, 0.15) is 12.2 Å². The second-order valence-electron chi connectivity index (χ2n) is 4.34. The summed E-state index contributed by atoms with van der Waals surface area (Å²) in [7, 11) is 0. The number of carboxylic acids is 1. The van der Waals surface area contributed by atoms with Crippen LogP contribution in [0.1, 0.15) is 23.3 Å². The van der Waals surface area contributed by atoms with E-state index in [1.54, 1.807) is 10.8 Å². The van der Waals surface area contributed by atoms with Gasteiger partial charge in [0.05, 0.1) is 6.33 Å². The van der Waals surface area contributed by atoms with Crippen LogP contribution in [0, 0.1) is 0 Å². The minimum atomic E-state index is -1.00. The van der Waals surface area contributed by atoms with Crippen LogP contribution in [0.4, 0.5) is 0 Å². The lowest BCUT2D eigenvalue weighted by atomic mass is 10.3. The Balaban J connectivity index is 2.09. The summed E-state index contributed by atoms with van der Waals surface area (Å²) in [5, 5.41) is 8.81. The van der Waals surface area contributed by atoms with Crippen molar-refractivity contribution in [3.05, 3.63) is 18.2 Å². The third kappa shape index (κ3) is 2.86. The highest BCUT2D eigenvalue weighted by atomic mass is 16.4. The summed E-state index contributed by atoms with van der Waals surface area (Å²) in [5.74, 6) is -1.33. The van der Waals surface area contributed by atoms with Crippen molar-refractivity contribution in [3.63, 3.8) is 0 Å². The van der Waals surface area contributed by atoms with Crippen molar-refractivity contribution >= 4 is 11.9 Å². The molecule has 1 amide bonds. The summed E-state index contributed by atoms with van der Waals surface area (Å²) in [6.07, 6.45) is 4.86. The number of nitrogens with two attached hydrogens (primary N) is 1. The maximum atomic E-state index is 12.1. The van der Waals surface area contributed by atoms with E-state index in [1.165, 1.54) is 11.2 Å². The first-order chi connectivity index (χ1) is 8.61. The fourth-order valence-corrected chi connectivity index (χ4v) is 1.79. The third-order valence-electron chi connectivity index (χ3n) is 2.79. The number of hydrogen-bond acceptors (Lipinski definition) is 4. The normalized spacial score (nSPS) is 14.5. The van der Waals surface area contributed by atoms with Crippen LogP contribution in [0.3, 0.4) is 0 Å². The molecular formula is C11H16N4O3. The Bertz CT molecular complexity index is 453. The number of rotatable bonds is 6. The number of aliphatic carboxylic acids is 1. The first-order valence-electron chi connectivity index (χ1n) is 5.86. The Kier molecular flexibility index (Phi) is 3.61. The van der Waals surface area contributed by atoms with Crippen LogP contribution in [-0.2, 0) is 11.3 Å². The van der Waals surface area contributed by atoms with E-state index in [0.717, 1.165) is 12.8 Å². The van der Waals surface area contributed by atoms with E-state index in [0.29, 0.717) is 13.1 Å². The molecule has 1 aromatic heterocycles. The van der Waals surface area contributed by atoms with Crippen LogP contribution in [0.15, 0.2) is 12.5 Å². The van der Waals surface area contributed by atoms with Crippen molar-refractivity contribution in [1.82, 2.24) is 14.5 Å². The van der Waals surface area contributed by atoms with Gasteiger partial charge in [-0.25, -0.2) is 4.98 Å². The van der Waals surface area contributed by atoms with Gasteiger partial charge < -0.3 is 20.3 Å². The second kappa shape index (κ2) is 5.18. The number of carbonyl (C=O) groups excluding carboxylic acids is 1. The molecule has 0 radical (unpaired) electrons. The highest BCUT2D eigenvalue weighted by Gasteiger charge is 2.35. The first-order valence-corrected chi connectivity index (χ1v) is 5.86. The molecule has 0 unspecified atom stereocenters. The Morgan fingerprint density at radius 3 is 2.83 bits per heavy atom. The highest BCUT2D eigenvalue weighted by Crippen LogP contribution is 2.27. The molecule has 98 valence electrons. The van der Waals surface area contributed by atoms with Crippen molar-refractivity contribution in [3.8, 4) is 0 Å². The molecule has 3 N–H and O–H groups in total. The lowest BCUT2D eigenvalue weighted by Crippen LogP contribution is -2.37. The van der Waals surface area contributed by atoms with Gasteiger partial charge in [0.15, 0.2) is 0 Å². The van der Waals surface area contributed by atoms with E-state index >= 15 is 0 Å². The molecule has 0 spiro atoms. The lowest BCUT2D eigenvalue weighted by molar-refractivity contribution is -0.137. The van der Waals surface area contributed by atoms with Crippen LogP contribution in [-0.4, -0.2) is 50.6 Å². The molecule has 1 aliphatic carbocycles. The lowest BCUT2D eigenvalue weighted by Gasteiger charge is -2.18. The number of amides is 1. The molecule has 7 nitrogen and oxygen atoms in total. The SMILES string of the molecule is NCCn1cnc(C(=O)N(CC(=O)O)C2CC2)c1. The second-order valence-corrected chi connectivity index (χ2v) is 4.34. The number of carbonyl (C=O) groups is 2. The molecule has 0 saturated heterocycles. The molecule has 1 aliphatic rings. The fourth-order valence-electron chi connectivity index (χ4n) is 1.79. The minimum Gasteiger partial charge on any atom is -0.480 e. The van der Waals surface area contributed by atoms with Gasteiger partial charge in [0.2, 0.25) is 0 Å². The Hall–Kier alpha value is -1.89.